The molecule has 4 rings (SSSR count). The van der Waals surface area contributed by atoms with Crippen LogP contribution in [-0.2, 0) is 12.8 Å². The quantitative estimate of drug-likeness (QED) is 0.533. The van der Waals surface area contributed by atoms with E-state index >= 15 is 0 Å². The standard InChI is InChI=1S/C22H20N4OS/c1-3-15-8-4-5-9-17(15)25-22(27)21-14(2)26-28-20(21)12-16-13-23-18-10-6-7-11-19(18)24-16/h4-11,13H,3,12H2,1-2H3,(H,25,27). The summed E-state index contributed by atoms with van der Waals surface area (Å²) in [4.78, 5) is 23.1. The monoisotopic (exact) mass is 388 g/mol. The molecule has 1 N–H and O–H groups in total. The zero-order valence-electron chi connectivity index (χ0n) is 15.8. The van der Waals surface area contributed by atoms with Crippen LogP contribution in [0.3, 0.4) is 0 Å². The Hall–Kier alpha value is -3.12. The van der Waals surface area contributed by atoms with E-state index in [1.165, 1.54) is 11.5 Å². The van der Waals surface area contributed by atoms with Crippen molar-refractivity contribution in [3.8, 4) is 0 Å². The molecule has 5 nitrogen and oxygen atoms in total. The van der Waals surface area contributed by atoms with Crippen molar-refractivity contribution >= 4 is 34.2 Å². The number of aromatic nitrogens is 3. The lowest BCUT2D eigenvalue weighted by Gasteiger charge is -2.10. The van der Waals surface area contributed by atoms with Gasteiger partial charge in [0, 0.05) is 23.2 Å². The van der Waals surface area contributed by atoms with Gasteiger partial charge in [0.25, 0.3) is 5.91 Å². The van der Waals surface area contributed by atoms with Crippen LogP contribution in [0.2, 0.25) is 0 Å². The molecule has 0 aliphatic carbocycles. The number of carbonyl (C=O) groups excluding carboxylic acids is 1. The third-order valence-electron chi connectivity index (χ3n) is 4.65. The molecule has 140 valence electrons. The van der Waals surface area contributed by atoms with E-state index in [0.717, 1.165) is 45.0 Å². The third-order valence-corrected chi connectivity index (χ3v) is 5.58. The fraction of sp³-hybridized carbons (Fsp3) is 0.182. The van der Waals surface area contributed by atoms with Crippen LogP contribution in [0.25, 0.3) is 11.0 Å². The maximum atomic E-state index is 13.0. The van der Waals surface area contributed by atoms with Crippen molar-refractivity contribution in [1.82, 2.24) is 14.3 Å². The predicted molar refractivity (Wildman–Crippen MR) is 113 cm³/mol. The largest absolute Gasteiger partial charge is 0.322 e. The molecular weight excluding hydrogens is 368 g/mol. The van der Waals surface area contributed by atoms with Crippen LogP contribution in [0, 0.1) is 6.92 Å². The lowest BCUT2D eigenvalue weighted by molar-refractivity contribution is 0.102. The number of rotatable bonds is 5. The SMILES string of the molecule is CCc1ccccc1NC(=O)c1c(C)nsc1Cc1cnc2ccccc2n1. The summed E-state index contributed by atoms with van der Waals surface area (Å²) >= 11 is 1.35. The molecule has 0 bridgehead atoms. The molecule has 2 heterocycles. The molecule has 0 saturated carbocycles. The molecule has 4 aromatic rings. The summed E-state index contributed by atoms with van der Waals surface area (Å²) in [5.41, 5.74) is 5.86. The van der Waals surface area contributed by atoms with Crippen molar-refractivity contribution < 1.29 is 4.79 Å². The molecule has 0 atom stereocenters. The Balaban J connectivity index is 1.62. The molecule has 2 aromatic carbocycles. The number of para-hydroxylation sites is 3. The average molecular weight is 388 g/mol. The van der Waals surface area contributed by atoms with Gasteiger partial charge in [-0.15, -0.1) is 0 Å². The van der Waals surface area contributed by atoms with Crippen LogP contribution in [0.15, 0.2) is 54.7 Å². The van der Waals surface area contributed by atoms with Crippen molar-refractivity contribution in [3.05, 3.63) is 82.1 Å². The van der Waals surface area contributed by atoms with Gasteiger partial charge < -0.3 is 5.32 Å². The molecule has 0 radical (unpaired) electrons. The van der Waals surface area contributed by atoms with E-state index in [4.69, 9.17) is 0 Å². The Labute approximate surface area is 167 Å². The first-order valence-electron chi connectivity index (χ1n) is 9.20. The van der Waals surface area contributed by atoms with E-state index in [1.54, 1.807) is 6.20 Å². The van der Waals surface area contributed by atoms with Crippen molar-refractivity contribution in [2.45, 2.75) is 26.7 Å². The van der Waals surface area contributed by atoms with Crippen LogP contribution < -0.4 is 5.32 Å². The first kappa shape index (κ1) is 18.3. The topological polar surface area (TPSA) is 67.8 Å². The van der Waals surface area contributed by atoms with Gasteiger partial charge >= 0.3 is 0 Å². The summed E-state index contributed by atoms with van der Waals surface area (Å²) in [6, 6.07) is 15.6. The molecule has 0 fully saturated rings. The van der Waals surface area contributed by atoms with Crippen LogP contribution in [-0.4, -0.2) is 20.2 Å². The molecule has 2 aromatic heterocycles. The highest BCUT2D eigenvalue weighted by molar-refractivity contribution is 7.06. The van der Waals surface area contributed by atoms with E-state index in [2.05, 4.69) is 26.6 Å². The van der Waals surface area contributed by atoms with Gasteiger partial charge in [0.1, 0.15) is 0 Å². The second kappa shape index (κ2) is 7.86. The second-order valence-corrected chi connectivity index (χ2v) is 7.42. The third kappa shape index (κ3) is 3.64. The van der Waals surface area contributed by atoms with Gasteiger partial charge in [0.05, 0.1) is 28.0 Å². The highest BCUT2D eigenvalue weighted by atomic mass is 32.1. The Morgan fingerprint density at radius 2 is 1.82 bits per heavy atom. The van der Waals surface area contributed by atoms with E-state index in [1.807, 2.05) is 55.5 Å². The average Bonchev–Trinajstić information content (AvgIpc) is 3.08. The van der Waals surface area contributed by atoms with Gasteiger partial charge in [-0.1, -0.05) is 37.3 Å². The van der Waals surface area contributed by atoms with Gasteiger partial charge in [-0.05, 0) is 48.6 Å². The number of amides is 1. The Kier molecular flexibility index (Phi) is 5.12. The Morgan fingerprint density at radius 3 is 2.64 bits per heavy atom. The Bertz CT molecular complexity index is 1150. The first-order valence-corrected chi connectivity index (χ1v) is 9.98. The van der Waals surface area contributed by atoms with Crippen LogP contribution in [0.4, 0.5) is 5.69 Å². The zero-order chi connectivity index (χ0) is 19.5. The molecule has 6 heteroatoms. The van der Waals surface area contributed by atoms with Crippen LogP contribution in [0.1, 0.15) is 39.1 Å². The number of anilines is 1. The summed E-state index contributed by atoms with van der Waals surface area (Å²) in [5, 5.41) is 3.05. The molecule has 0 aliphatic rings. The smallest absolute Gasteiger partial charge is 0.258 e. The summed E-state index contributed by atoms with van der Waals surface area (Å²) in [6.45, 7) is 3.94. The van der Waals surface area contributed by atoms with Crippen molar-refractivity contribution in [2.75, 3.05) is 5.32 Å². The number of nitrogens with zero attached hydrogens (tertiary/aromatic N) is 3. The first-order chi connectivity index (χ1) is 13.7. The fourth-order valence-electron chi connectivity index (χ4n) is 3.21. The molecule has 0 unspecified atom stereocenters. The van der Waals surface area contributed by atoms with E-state index in [0.29, 0.717) is 12.0 Å². The number of hydrogen-bond donors (Lipinski definition) is 1. The number of nitrogens with one attached hydrogen (secondary N) is 1. The molecule has 0 saturated heterocycles. The highest BCUT2D eigenvalue weighted by Gasteiger charge is 2.20. The number of aryl methyl sites for hydroxylation is 2. The predicted octanol–water partition coefficient (Wildman–Crippen LogP) is 4.80. The Morgan fingerprint density at radius 1 is 1.07 bits per heavy atom. The highest BCUT2D eigenvalue weighted by Crippen LogP contribution is 2.24. The summed E-state index contributed by atoms with van der Waals surface area (Å²) in [5.74, 6) is -0.129. The van der Waals surface area contributed by atoms with E-state index in [9.17, 15) is 4.79 Å². The van der Waals surface area contributed by atoms with Crippen molar-refractivity contribution in [2.24, 2.45) is 0 Å². The number of carbonyl (C=O) groups is 1. The molecule has 1 amide bonds. The van der Waals surface area contributed by atoms with Gasteiger partial charge in [-0.25, -0.2) is 4.98 Å². The number of fused-ring (bicyclic) bond motifs is 1. The summed E-state index contributed by atoms with van der Waals surface area (Å²) in [6.07, 6.45) is 3.16. The normalized spacial score (nSPS) is 10.9. The van der Waals surface area contributed by atoms with Crippen LogP contribution in [0.5, 0.6) is 0 Å². The molecule has 0 spiro atoms. The van der Waals surface area contributed by atoms with Crippen molar-refractivity contribution in [3.63, 3.8) is 0 Å². The number of benzene rings is 2. The molecule has 0 aliphatic heterocycles. The summed E-state index contributed by atoms with van der Waals surface area (Å²) < 4.78 is 4.41. The van der Waals surface area contributed by atoms with Gasteiger partial charge in [-0.2, -0.15) is 4.37 Å². The van der Waals surface area contributed by atoms with Gasteiger partial charge in [0.15, 0.2) is 0 Å². The van der Waals surface area contributed by atoms with Crippen LogP contribution >= 0.6 is 11.5 Å². The maximum Gasteiger partial charge on any atom is 0.258 e. The minimum atomic E-state index is -0.129. The fourth-order valence-corrected chi connectivity index (χ4v) is 4.09. The van der Waals surface area contributed by atoms with Gasteiger partial charge in [0.2, 0.25) is 0 Å². The lowest BCUT2D eigenvalue weighted by atomic mass is 10.1. The maximum absolute atomic E-state index is 13.0. The molecule has 28 heavy (non-hydrogen) atoms. The van der Waals surface area contributed by atoms with E-state index < -0.39 is 0 Å². The lowest BCUT2D eigenvalue weighted by Crippen LogP contribution is -2.15. The molecular formula is C22H20N4OS. The minimum Gasteiger partial charge on any atom is -0.322 e. The van der Waals surface area contributed by atoms with Gasteiger partial charge in [-0.3, -0.25) is 9.78 Å². The van der Waals surface area contributed by atoms with E-state index in [-0.39, 0.29) is 5.91 Å². The number of hydrogen-bond acceptors (Lipinski definition) is 5. The minimum absolute atomic E-state index is 0.129. The summed E-state index contributed by atoms with van der Waals surface area (Å²) in [7, 11) is 0. The second-order valence-electron chi connectivity index (χ2n) is 6.56. The van der Waals surface area contributed by atoms with Crippen molar-refractivity contribution in [1.29, 1.82) is 0 Å². The zero-order valence-corrected chi connectivity index (χ0v) is 16.6.